The minimum absolute atomic E-state index is 0.0527. The predicted octanol–water partition coefficient (Wildman–Crippen LogP) is 3.36. The molecule has 0 bridgehead atoms. The van der Waals surface area contributed by atoms with Crippen molar-refractivity contribution in [1.29, 1.82) is 0 Å². The summed E-state index contributed by atoms with van der Waals surface area (Å²) < 4.78 is 0. The lowest BCUT2D eigenvalue weighted by Crippen LogP contribution is -2.35. The first-order valence-corrected chi connectivity index (χ1v) is 7.03. The van der Waals surface area contributed by atoms with Gasteiger partial charge in [0.15, 0.2) is 0 Å². The highest BCUT2D eigenvalue weighted by atomic mass is 32.1. The molecule has 0 saturated heterocycles. The fraction of sp³-hybridized carbons (Fsp3) is 0.538. The van der Waals surface area contributed by atoms with Crippen LogP contribution in [0, 0.1) is 5.41 Å². The molecule has 0 aromatic carbocycles. The average molecular weight is 267 g/mol. The molecule has 1 amide bonds. The number of carbonyl (C=O) groups is 2. The van der Waals surface area contributed by atoms with E-state index in [1.165, 1.54) is 6.42 Å². The Kier molecular flexibility index (Phi) is 3.71. The Hall–Kier alpha value is -1.36. The SMILES string of the molecule is CC1(C(=O)Nc2ccsc2C(=O)O)CCCCC1. The van der Waals surface area contributed by atoms with Gasteiger partial charge in [-0.3, -0.25) is 4.79 Å². The van der Waals surface area contributed by atoms with E-state index in [4.69, 9.17) is 5.11 Å². The maximum atomic E-state index is 12.3. The van der Waals surface area contributed by atoms with Crippen LogP contribution in [-0.2, 0) is 4.79 Å². The van der Waals surface area contributed by atoms with E-state index in [0.29, 0.717) is 5.69 Å². The van der Waals surface area contributed by atoms with Crippen LogP contribution in [0.5, 0.6) is 0 Å². The van der Waals surface area contributed by atoms with Crippen molar-refractivity contribution in [3.63, 3.8) is 0 Å². The molecule has 18 heavy (non-hydrogen) atoms. The Morgan fingerprint density at radius 1 is 1.33 bits per heavy atom. The van der Waals surface area contributed by atoms with E-state index in [0.717, 1.165) is 37.0 Å². The van der Waals surface area contributed by atoms with Crippen LogP contribution in [0.1, 0.15) is 48.7 Å². The molecule has 1 aromatic heterocycles. The summed E-state index contributed by atoms with van der Waals surface area (Å²) in [7, 11) is 0. The summed E-state index contributed by atoms with van der Waals surface area (Å²) in [6.07, 6.45) is 5.08. The normalized spacial score (nSPS) is 18.3. The molecule has 1 aliphatic carbocycles. The third kappa shape index (κ3) is 2.56. The third-order valence-corrected chi connectivity index (χ3v) is 4.52. The zero-order valence-electron chi connectivity index (χ0n) is 10.4. The van der Waals surface area contributed by atoms with E-state index in [-0.39, 0.29) is 16.2 Å². The molecular weight excluding hydrogens is 250 g/mol. The van der Waals surface area contributed by atoms with Crippen molar-refractivity contribution < 1.29 is 14.7 Å². The number of nitrogens with one attached hydrogen (secondary N) is 1. The Labute approximate surface area is 110 Å². The van der Waals surface area contributed by atoms with Crippen LogP contribution in [0.2, 0.25) is 0 Å². The van der Waals surface area contributed by atoms with E-state index in [1.54, 1.807) is 11.4 Å². The van der Waals surface area contributed by atoms with Gasteiger partial charge in [-0.15, -0.1) is 11.3 Å². The summed E-state index contributed by atoms with van der Waals surface area (Å²) in [6, 6.07) is 1.65. The highest BCUT2D eigenvalue weighted by molar-refractivity contribution is 7.12. The lowest BCUT2D eigenvalue weighted by molar-refractivity contribution is -0.126. The fourth-order valence-electron chi connectivity index (χ4n) is 2.41. The lowest BCUT2D eigenvalue weighted by Gasteiger charge is -2.31. The number of carboxylic acids is 1. The van der Waals surface area contributed by atoms with Crippen LogP contribution in [0.3, 0.4) is 0 Å². The first-order valence-electron chi connectivity index (χ1n) is 6.15. The number of carboxylic acid groups (broad SMARTS) is 1. The summed E-state index contributed by atoms with van der Waals surface area (Å²) in [5.41, 5.74) is 0.0694. The minimum atomic E-state index is -0.992. The molecule has 1 fully saturated rings. The second kappa shape index (κ2) is 5.10. The standard InChI is InChI=1S/C13H17NO3S/c1-13(6-3-2-4-7-13)12(17)14-9-5-8-18-10(9)11(15)16/h5,8H,2-4,6-7H2,1H3,(H,14,17)(H,15,16). The molecule has 5 heteroatoms. The monoisotopic (exact) mass is 267 g/mol. The van der Waals surface area contributed by atoms with Crippen molar-refractivity contribution in [2.75, 3.05) is 5.32 Å². The highest BCUT2D eigenvalue weighted by Gasteiger charge is 2.35. The van der Waals surface area contributed by atoms with Gasteiger partial charge >= 0.3 is 5.97 Å². The molecule has 0 atom stereocenters. The van der Waals surface area contributed by atoms with Gasteiger partial charge in [0.25, 0.3) is 0 Å². The van der Waals surface area contributed by atoms with Gasteiger partial charge in [-0.2, -0.15) is 0 Å². The number of rotatable bonds is 3. The van der Waals surface area contributed by atoms with E-state index >= 15 is 0 Å². The maximum absolute atomic E-state index is 12.3. The van der Waals surface area contributed by atoms with Crippen LogP contribution in [-0.4, -0.2) is 17.0 Å². The summed E-state index contributed by atoms with van der Waals surface area (Å²) in [5, 5.41) is 13.5. The van der Waals surface area contributed by atoms with Gasteiger partial charge < -0.3 is 10.4 Å². The molecule has 0 unspecified atom stereocenters. The lowest BCUT2D eigenvalue weighted by atomic mass is 9.75. The maximum Gasteiger partial charge on any atom is 0.348 e. The Morgan fingerprint density at radius 2 is 2.00 bits per heavy atom. The average Bonchev–Trinajstić information content (AvgIpc) is 2.78. The molecule has 0 spiro atoms. The fourth-order valence-corrected chi connectivity index (χ4v) is 3.09. The minimum Gasteiger partial charge on any atom is -0.477 e. The van der Waals surface area contributed by atoms with Crippen LogP contribution in [0.15, 0.2) is 11.4 Å². The van der Waals surface area contributed by atoms with E-state index in [1.807, 2.05) is 6.92 Å². The number of anilines is 1. The third-order valence-electron chi connectivity index (χ3n) is 3.61. The highest BCUT2D eigenvalue weighted by Crippen LogP contribution is 2.37. The van der Waals surface area contributed by atoms with Gasteiger partial charge in [0, 0.05) is 5.41 Å². The van der Waals surface area contributed by atoms with Crippen LogP contribution >= 0.6 is 11.3 Å². The molecule has 98 valence electrons. The van der Waals surface area contributed by atoms with Crippen molar-refractivity contribution in [2.45, 2.75) is 39.0 Å². The van der Waals surface area contributed by atoms with Gasteiger partial charge in [-0.1, -0.05) is 26.2 Å². The second-order valence-corrected chi connectivity index (χ2v) is 5.96. The first kappa shape index (κ1) is 13.1. The number of amides is 1. The van der Waals surface area contributed by atoms with Crippen LogP contribution < -0.4 is 5.32 Å². The van der Waals surface area contributed by atoms with Crippen molar-refractivity contribution >= 4 is 28.9 Å². The van der Waals surface area contributed by atoms with Gasteiger partial charge in [0.05, 0.1) is 5.69 Å². The van der Waals surface area contributed by atoms with Crippen molar-refractivity contribution in [2.24, 2.45) is 5.41 Å². The van der Waals surface area contributed by atoms with Gasteiger partial charge in [0.2, 0.25) is 5.91 Å². The molecule has 1 saturated carbocycles. The Balaban J connectivity index is 2.11. The molecule has 2 rings (SSSR count). The molecule has 1 aliphatic rings. The first-order chi connectivity index (χ1) is 8.53. The second-order valence-electron chi connectivity index (χ2n) is 5.04. The van der Waals surface area contributed by atoms with Crippen molar-refractivity contribution in [3.05, 3.63) is 16.3 Å². The number of hydrogen-bond acceptors (Lipinski definition) is 3. The zero-order chi connectivity index (χ0) is 13.2. The predicted molar refractivity (Wildman–Crippen MR) is 71.1 cm³/mol. The quantitative estimate of drug-likeness (QED) is 0.882. The zero-order valence-corrected chi connectivity index (χ0v) is 11.2. The van der Waals surface area contributed by atoms with E-state index in [9.17, 15) is 9.59 Å². The summed E-state index contributed by atoms with van der Waals surface area (Å²) in [4.78, 5) is 23.4. The largest absolute Gasteiger partial charge is 0.477 e. The smallest absolute Gasteiger partial charge is 0.348 e. The molecule has 0 radical (unpaired) electrons. The number of carbonyl (C=O) groups excluding carboxylic acids is 1. The van der Waals surface area contributed by atoms with Crippen molar-refractivity contribution in [1.82, 2.24) is 0 Å². The molecule has 1 aromatic rings. The molecule has 4 nitrogen and oxygen atoms in total. The summed E-state index contributed by atoms with van der Waals surface area (Å²) in [6.45, 7) is 1.97. The molecular formula is C13H17NO3S. The van der Waals surface area contributed by atoms with Crippen LogP contribution in [0.4, 0.5) is 5.69 Å². The number of thiophene rings is 1. The van der Waals surface area contributed by atoms with Gasteiger partial charge in [-0.25, -0.2) is 4.79 Å². The van der Waals surface area contributed by atoms with Crippen molar-refractivity contribution in [3.8, 4) is 0 Å². The van der Waals surface area contributed by atoms with Gasteiger partial charge in [-0.05, 0) is 24.3 Å². The number of aromatic carboxylic acids is 1. The molecule has 2 N–H and O–H groups in total. The van der Waals surface area contributed by atoms with E-state index < -0.39 is 5.97 Å². The summed E-state index contributed by atoms with van der Waals surface area (Å²) in [5.74, 6) is -1.04. The van der Waals surface area contributed by atoms with E-state index in [2.05, 4.69) is 5.32 Å². The molecule has 0 aliphatic heterocycles. The van der Waals surface area contributed by atoms with Gasteiger partial charge in [0.1, 0.15) is 4.88 Å². The number of hydrogen-bond donors (Lipinski definition) is 2. The molecule has 1 heterocycles. The Bertz CT molecular complexity index is 461. The van der Waals surface area contributed by atoms with Crippen LogP contribution in [0.25, 0.3) is 0 Å². The Morgan fingerprint density at radius 3 is 2.61 bits per heavy atom. The topological polar surface area (TPSA) is 66.4 Å². The summed E-state index contributed by atoms with van der Waals surface area (Å²) >= 11 is 1.13.